The Hall–Kier alpha value is -2.65. The number of nitrogens with one attached hydrogen (secondary N) is 1. The van der Waals surface area contributed by atoms with E-state index < -0.39 is 0 Å². The van der Waals surface area contributed by atoms with Crippen molar-refractivity contribution in [2.75, 3.05) is 0 Å². The fourth-order valence-corrected chi connectivity index (χ4v) is 3.91. The number of fused-ring (bicyclic) bond motifs is 2. The van der Waals surface area contributed by atoms with Crippen LogP contribution in [0.3, 0.4) is 0 Å². The molecule has 2 aliphatic rings. The Morgan fingerprint density at radius 3 is 2.32 bits per heavy atom. The summed E-state index contributed by atoms with van der Waals surface area (Å²) in [7, 11) is 0. The van der Waals surface area contributed by atoms with Gasteiger partial charge in [0, 0.05) is 38.9 Å². The second-order valence-corrected chi connectivity index (χ2v) is 6.80. The number of carbonyl (C=O) groups is 2. The number of dihydropyridines is 1. The molecule has 0 saturated carbocycles. The first kappa shape index (κ1) is 15.9. The minimum absolute atomic E-state index is 0.0238. The molecule has 0 radical (unpaired) electrons. The third kappa shape index (κ3) is 2.35. The van der Waals surface area contributed by atoms with Gasteiger partial charge in [-0.15, -0.1) is 0 Å². The second-order valence-electron chi connectivity index (χ2n) is 6.37. The van der Waals surface area contributed by atoms with Crippen molar-refractivity contribution in [1.82, 2.24) is 5.32 Å². The summed E-state index contributed by atoms with van der Waals surface area (Å²) in [6.45, 7) is 3.43. The monoisotopic (exact) mass is 349 g/mol. The quantitative estimate of drug-likeness (QED) is 0.868. The van der Waals surface area contributed by atoms with Gasteiger partial charge < -0.3 is 5.32 Å². The molecule has 25 heavy (non-hydrogen) atoms. The third-order valence-electron chi connectivity index (χ3n) is 4.83. The summed E-state index contributed by atoms with van der Waals surface area (Å²) < 4.78 is 0. The van der Waals surface area contributed by atoms with E-state index >= 15 is 0 Å². The van der Waals surface area contributed by atoms with Crippen molar-refractivity contribution in [2.45, 2.75) is 19.8 Å². The van der Waals surface area contributed by atoms with Crippen LogP contribution in [0.1, 0.15) is 41.3 Å². The fraction of sp³-hybridized carbons (Fsp3) is 0.143. The molecule has 2 aromatic carbocycles. The van der Waals surface area contributed by atoms with Crippen molar-refractivity contribution in [3.8, 4) is 0 Å². The van der Waals surface area contributed by atoms with Gasteiger partial charge in [-0.05, 0) is 31.5 Å². The topological polar surface area (TPSA) is 46.2 Å². The normalized spacial score (nSPS) is 18.8. The first-order chi connectivity index (χ1) is 12.0. The maximum Gasteiger partial charge on any atom is 0.192 e. The van der Waals surface area contributed by atoms with E-state index in [4.69, 9.17) is 11.6 Å². The lowest BCUT2D eigenvalue weighted by molar-refractivity contribution is -0.113. The zero-order valence-corrected chi connectivity index (χ0v) is 14.6. The summed E-state index contributed by atoms with van der Waals surface area (Å²) in [5.41, 5.74) is 5.32. The zero-order valence-electron chi connectivity index (χ0n) is 13.9. The summed E-state index contributed by atoms with van der Waals surface area (Å²) >= 11 is 6.02. The van der Waals surface area contributed by atoms with Gasteiger partial charge in [0.2, 0.25) is 0 Å². The highest BCUT2D eigenvalue weighted by Crippen LogP contribution is 2.46. The molecule has 1 atom stereocenters. The summed E-state index contributed by atoms with van der Waals surface area (Å²) in [6.07, 6.45) is 0. The van der Waals surface area contributed by atoms with Gasteiger partial charge in [-0.3, -0.25) is 9.59 Å². The van der Waals surface area contributed by atoms with Crippen LogP contribution in [0.5, 0.6) is 0 Å². The summed E-state index contributed by atoms with van der Waals surface area (Å²) in [6, 6.07) is 14.9. The molecule has 0 amide bonds. The number of hydrogen-bond donors (Lipinski definition) is 1. The highest BCUT2D eigenvalue weighted by molar-refractivity contribution is 6.30. The Morgan fingerprint density at radius 1 is 1.04 bits per heavy atom. The standard InChI is InChI=1S/C21H16ClNO2/c1-11-17(12(2)24)18(13-7-9-14(22)10-8-13)19-20(23-11)15-5-3-4-6-16(15)21(19)25/h3-10,18,23H,1-2H3/t18-/m1/s1. The van der Waals surface area contributed by atoms with Gasteiger partial charge in [0.25, 0.3) is 0 Å². The maximum absolute atomic E-state index is 13.1. The van der Waals surface area contributed by atoms with E-state index in [2.05, 4.69) is 5.32 Å². The largest absolute Gasteiger partial charge is 0.358 e. The Kier molecular flexibility index (Phi) is 3.62. The number of benzene rings is 2. The van der Waals surface area contributed by atoms with Crippen molar-refractivity contribution in [1.29, 1.82) is 0 Å². The predicted molar refractivity (Wildman–Crippen MR) is 98.4 cm³/mol. The van der Waals surface area contributed by atoms with Gasteiger partial charge in [0.1, 0.15) is 0 Å². The van der Waals surface area contributed by atoms with Gasteiger partial charge in [-0.25, -0.2) is 0 Å². The van der Waals surface area contributed by atoms with Gasteiger partial charge in [-0.1, -0.05) is 48.0 Å². The maximum atomic E-state index is 13.1. The average molecular weight is 350 g/mol. The molecule has 4 heteroatoms. The van der Waals surface area contributed by atoms with Crippen molar-refractivity contribution in [3.63, 3.8) is 0 Å². The zero-order chi connectivity index (χ0) is 17.7. The lowest BCUT2D eigenvalue weighted by atomic mass is 9.78. The molecule has 3 nitrogen and oxygen atoms in total. The van der Waals surface area contributed by atoms with Crippen LogP contribution in [0, 0.1) is 0 Å². The fourth-order valence-electron chi connectivity index (χ4n) is 3.78. The molecule has 0 fully saturated rings. The van der Waals surface area contributed by atoms with Crippen molar-refractivity contribution >= 4 is 28.9 Å². The van der Waals surface area contributed by atoms with Crippen LogP contribution < -0.4 is 5.32 Å². The molecule has 124 valence electrons. The second kappa shape index (κ2) is 5.71. The number of ketones is 2. The van der Waals surface area contributed by atoms with Crippen LogP contribution in [-0.4, -0.2) is 11.6 Å². The highest BCUT2D eigenvalue weighted by atomic mass is 35.5. The van der Waals surface area contributed by atoms with Crippen LogP contribution >= 0.6 is 11.6 Å². The number of Topliss-reactive ketones (excluding diaryl/α,β-unsaturated/α-hetero) is 2. The average Bonchev–Trinajstić information content (AvgIpc) is 2.87. The Morgan fingerprint density at radius 2 is 1.68 bits per heavy atom. The van der Waals surface area contributed by atoms with Crippen molar-refractivity contribution < 1.29 is 9.59 Å². The number of carbonyl (C=O) groups excluding carboxylic acids is 2. The van der Waals surface area contributed by atoms with Crippen LogP contribution in [0.2, 0.25) is 5.02 Å². The molecular weight excluding hydrogens is 334 g/mol. The lowest BCUT2D eigenvalue weighted by Crippen LogP contribution is -2.27. The van der Waals surface area contributed by atoms with E-state index in [9.17, 15) is 9.59 Å². The number of halogens is 1. The van der Waals surface area contributed by atoms with E-state index in [1.54, 1.807) is 19.1 Å². The minimum Gasteiger partial charge on any atom is -0.358 e. The van der Waals surface area contributed by atoms with E-state index in [1.165, 1.54) is 0 Å². The molecule has 0 spiro atoms. The molecule has 0 bridgehead atoms. The highest BCUT2D eigenvalue weighted by Gasteiger charge is 2.41. The summed E-state index contributed by atoms with van der Waals surface area (Å²) in [5.74, 6) is -0.449. The first-order valence-electron chi connectivity index (χ1n) is 8.11. The summed E-state index contributed by atoms with van der Waals surface area (Å²) in [5, 5.41) is 3.92. The molecule has 1 aliphatic heterocycles. The Balaban J connectivity index is 1.96. The molecule has 1 heterocycles. The molecule has 1 N–H and O–H groups in total. The van der Waals surface area contributed by atoms with Gasteiger partial charge in [0.05, 0.1) is 5.70 Å². The van der Waals surface area contributed by atoms with E-state index in [0.717, 1.165) is 22.5 Å². The van der Waals surface area contributed by atoms with Crippen LogP contribution in [0.4, 0.5) is 0 Å². The van der Waals surface area contributed by atoms with Gasteiger partial charge >= 0.3 is 0 Å². The van der Waals surface area contributed by atoms with Gasteiger partial charge in [0.15, 0.2) is 11.6 Å². The van der Waals surface area contributed by atoms with E-state index in [0.29, 0.717) is 21.7 Å². The molecule has 1 aliphatic carbocycles. The Labute approximate surface area is 151 Å². The number of hydrogen-bond acceptors (Lipinski definition) is 3. The van der Waals surface area contributed by atoms with Crippen LogP contribution in [-0.2, 0) is 4.79 Å². The molecule has 0 saturated heterocycles. The van der Waals surface area contributed by atoms with Crippen LogP contribution in [0.25, 0.3) is 5.70 Å². The number of rotatable bonds is 2. The molecule has 0 aromatic heterocycles. The third-order valence-corrected chi connectivity index (χ3v) is 5.08. The van der Waals surface area contributed by atoms with Crippen LogP contribution in [0.15, 0.2) is 65.4 Å². The van der Waals surface area contributed by atoms with E-state index in [1.807, 2.05) is 43.3 Å². The Bertz CT molecular complexity index is 983. The smallest absolute Gasteiger partial charge is 0.192 e. The summed E-state index contributed by atoms with van der Waals surface area (Å²) in [4.78, 5) is 25.5. The van der Waals surface area contributed by atoms with Crippen molar-refractivity contribution in [3.05, 3.63) is 87.1 Å². The van der Waals surface area contributed by atoms with Gasteiger partial charge in [-0.2, -0.15) is 0 Å². The SMILES string of the molecule is CC(=O)C1=C(C)NC2=C(C(=O)c3ccccc32)[C@@H]1c1ccc(Cl)cc1. The van der Waals surface area contributed by atoms with E-state index in [-0.39, 0.29) is 17.5 Å². The molecular formula is C21H16ClNO2. The lowest BCUT2D eigenvalue weighted by Gasteiger charge is -2.29. The first-order valence-corrected chi connectivity index (χ1v) is 8.49. The van der Waals surface area contributed by atoms with Crippen molar-refractivity contribution in [2.24, 2.45) is 0 Å². The predicted octanol–water partition coefficient (Wildman–Crippen LogP) is 4.50. The molecule has 2 aromatic rings. The number of allylic oxidation sites excluding steroid dienone is 3. The molecule has 0 unspecified atom stereocenters. The molecule has 4 rings (SSSR count). The minimum atomic E-state index is -0.383.